The van der Waals surface area contributed by atoms with Gasteiger partial charge in [-0.2, -0.15) is 0 Å². The van der Waals surface area contributed by atoms with Crippen molar-refractivity contribution in [2.45, 2.75) is 34.1 Å². The number of anilines is 1. The van der Waals surface area contributed by atoms with Gasteiger partial charge in [0.2, 0.25) is 0 Å². The summed E-state index contributed by atoms with van der Waals surface area (Å²) in [7, 11) is 7.82. The molecule has 2 rings (SSSR count). The number of likely N-dealkylation sites (N-methyl/N-ethyl adjacent to an activating group) is 1. The molecule has 1 aromatic carbocycles. The van der Waals surface area contributed by atoms with Crippen LogP contribution in [0, 0.1) is 0 Å². The lowest BCUT2D eigenvalue weighted by Crippen LogP contribution is -2.44. The molecule has 0 aromatic heterocycles. The second-order valence-electron chi connectivity index (χ2n) is 8.88. The third-order valence-corrected chi connectivity index (χ3v) is 6.01. The van der Waals surface area contributed by atoms with Crippen LogP contribution in [0.2, 0.25) is 0 Å². The number of nitrogens with zero attached hydrogens (tertiary/aromatic N) is 5. The van der Waals surface area contributed by atoms with Gasteiger partial charge in [0, 0.05) is 64.2 Å². The zero-order chi connectivity index (χ0) is 25.3. The summed E-state index contributed by atoms with van der Waals surface area (Å²) in [6.45, 7) is 11.9. The van der Waals surface area contributed by atoms with E-state index in [4.69, 9.17) is 4.99 Å². The van der Waals surface area contributed by atoms with Crippen molar-refractivity contribution in [2.24, 2.45) is 9.98 Å². The molecule has 184 valence electrons. The molecule has 6 nitrogen and oxygen atoms in total. The average Bonchev–Trinajstić information content (AvgIpc) is 2.81. The van der Waals surface area contributed by atoms with E-state index in [1.807, 2.05) is 32.0 Å². The Kier molecular flexibility index (Phi) is 10.5. The number of carbonyl (C=O) groups is 1. The zero-order valence-electron chi connectivity index (χ0n) is 22.2. The van der Waals surface area contributed by atoms with Gasteiger partial charge in [-0.3, -0.25) is 9.79 Å². The molecule has 0 radical (unpaired) electrons. The Hall–Kier alpha value is -2.99. The van der Waals surface area contributed by atoms with Crippen LogP contribution in [0.3, 0.4) is 0 Å². The molecule has 0 aliphatic carbocycles. The fourth-order valence-corrected chi connectivity index (χ4v) is 4.07. The first-order valence-electron chi connectivity index (χ1n) is 12.0. The van der Waals surface area contributed by atoms with Gasteiger partial charge in [-0.25, -0.2) is 4.99 Å². The first kappa shape index (κ1) is 27.3. The lowest BCUT2D eigenvalue weighted by molar-refractivity contribution is -0.113. The normalized spacial score (nSPS) is 17.3. The SMILES string of the molecule is C/C=C(C(C)=O)\C(=C/CC)C(=NC)/C(N=CN(C)C)=C(\C)c1ccc(N2CCN(C)CC2)cc1. The minimum Gasteiger partial charge on any atom is -0.369 e. The number of hydrogen-bond acceptors (Lipinski definition) is 5. The van der Waals surface area contributed by atoms with Gasteiger partial charge < -0.3 is 14.7 Å². The number of ketones is 1. The van der Waals surface area contributed by atoms with Gasteiger partial charge in [0.25, 0.3) is 0 Å². The maximum Gasteiger partial charge on any atom is 0.160 e. The number of rotatable bonds is 9. The molecule has 0 bridgehead atoms. The highest BCUT2D eigenvalue weighted by Gasteiger charge is 2.21. The number of benzene rings is 1. The maximum absolute atomic E-state index is 12.4. The van der Waals surface area contributed by atoms with Crippen molar-refractivity contribution in [1.29, 1.82) is 0 Å². The molecule has 34 heavy (non-hydrogen) atoms. The van der Waals surface area contributed by atoms with Gasteiger partial charge in [-0.05, 0) is 57.5 Å². The molecule has 6 heteroatoms. The Morgan fingerprint density at radius 1 is 1.06 bits per heavy atom. The van der Waals surface area contributed by atoms with E-state index in [9.17, 15) is 4.79 Å². The van der Waals surface area contributed by atoms with Crippen molar-refractivity contribution in [3.8, 4) is 0 Å². The number of hydrogen-bond donors (Lipinski definition) is 0. The molecule has 1 aliphatic heterocycles. The van der Waals surface area contributed by atoms with Crippen LogP contribution >= 0.6 is 0 Å². The van der Waals surface area contributed by atoms with E-state index in [1.54, 1.807) is 20.3 Å². The summed E-state index contributed by atoms with van der Waals surface area (Å²) in [4.78, 5) is 28.6. The Labute approximate surface area is 206 Å². The first-order valence-corrected chi connectivity index (χ1v) is 12.0. The van der Waals surface area contributed by atoms with Crippen LogP contribution in [0.1, 0.15) is 39.7 Å². The minimum absolute atomic E-state index is 0.0217. The lowest BCUT2D eigenvalue weighted by atomic mass is 9.92. The Morgan fingerprint density at radius 3 is 2.15 bits per heavy atom. The largest absolute Gasteiger partial charge is 0.369 e. The van der Waals surface area contributed by atoms with E-state index in [1.165, 1.54) is 5.69 Å². The van der Waals surface area contributed by atoms with Crippen molar-refractivity contribution in [2.75, 3.05) is 59.3 Å². The van der Waals surface area contributed by atoms with Gasteiger partial charge >= 0.3 is 0 Å². The Bertz CT molecular complexity index is 988. The van der Waals surface area contributed by atoms with Crippen LogP contribution in [0.5, 0.6) is 0 Å². The Balaban J connectivity index is 2.56. The van der Waals surface area contributed by atoms with Crippen LogP contribution in [-0.2, 0) is 4.79 Å². The van der Waals surface area contributed by atoms with E-state index in [0.29, 0.717) is 5.57 Å². The summed E-state index contributed by atoms with van der Waals surface area (Å²) in [6.07, 6.45) is 6.51. The van der Waals surface area contributed by atoms with Crippen molar-refractivity contribution in [3.05, 3.63) is 58.8 Å². The van der Waals surface area contributed by atoms with E-state index < -0.39 is 0 Å². The quantitative estimate of drug-likeness (QED) is 0.231. The van der Waals surface area contributed by atoms with Crippen LogP contribution < -0.4 is 4.90 Å². The topological polar surface area (TPSA) is 51.5 Å². The number of carbonyl (C=O) groups excluding carboxylic acids is 1. The monoisotopic (exact) mass is 463 g/mol. The molecule has 0 unspecified atom stereocenters. The van der Waals surface area contributed by atoms with Gasteiger partial charge in [0.1, 0.15) is 0 Å². The smallest absolute Gasteiger partial charge is 0.160 e. The van der Waals surface area contributed by atoms with E-state index in [2.05, 4.69) is 66.0 Å². The first-order chi connectivity index (χ1) is 16.2. The number of aliphatic imine (C=N–C) groups is 2. The molecule has 1 fully saturated rings. The van der Waals surface area contributed by atoms with Crippen molar-refractivity contribution < 1.29 is 4.79 Å². The molecular weight excluding hydrogens is 422 g/mol. The van der Waals surface area contributed by atoms with Crippen LogP contribution in [0.15, 0.2) is 63.2 Å². The van der Waals surface area contributed by atoms with Crippen LogP contribution in [0.4, 0.5) is 5.69 Å². The molecule has 1 heterocycles. The molecular formula is C28H41N5O. The number of piperazine rings is 1. The predicted molar refractivity (Wildman–Crippen MR) is 147 cm³/mol. The van der Waals surface area contributed by atoms with Gasteiger partial charge in [-0.1, -0.05) is 31.2 Å². The molecule has 1 aliphatic rings. The molecule has 0 saturated carbocycles. The summed E-state index contributed by atoms with van der Waals surface area (Å²) in [5, 5.41) is 0. The molecule has 0 atom stereocenters. The highest BCUT2D eigenvalue weighted by atomic mass is 16.1. The molecule has 0 amide bonds. The summed E-state index contributed by atoms with van der Waals surface area (Å²) >= 11 is 0. The van der Waals surface area contributed by atoms with Gasteiger partial charge in [-0.15, -0.1) is 0 Å². The summed E-state index contributed by atoms with van der Waals surface area (Å²) in [5.74, 6) is 0.0217. The van der Waals surface area contributed by atoms with Gasteiger partial charge in [0.15, 0.2) is 5.78 Å². The number of Topliss-reactive ketones (excluding diaryl/α,β-unsaturated/α-hetero) is 1. The van der Waals surface area contributed by atoms with Gasteiger partial charge in [0.05, 0.1) is 17.7 Å². The van der Waals surface area contributed by atoms with E-state index in [-0.39, 0.29) is 5.78 Å². The molecule has 1 saturated heterocycles. The fourth-order valence-electron chi connectivity index (χ4n) is 4.07. The fraction of sp³-hybridized carbons (Fsp3) is 0.464. The summed E-state index contributed by atoms with van der Waals surface area (Å²) in [5.41, 5.74) is 6.34. The van der Waals surface area contributed by atoms with Crippen molar-refractivity contribution in [1.82, 2.24) is 9.80 Å². The summed E-state index contributed by atoms with van der Waals surface area (Å²) in [6, 6.07) is 8.70. The third kappa shape index (κ3) is 7.00. The molecule has 0 spiro atoms. The third-order valence-electron chi connectivity index (χ3n) is 6.01. The summed E-state index contributed by atoms with van der Waals surface area (Å²) < 4.78 is 0. The lowest BCUT2D eigenvalue weighted by Gasteiger charge is -2.34. The maximum atomic E-state index is 12.4. The highest BCUT2D eigenvalue weighted by molar-refractivity contribution is 6.23. The number of allylic oxidation sites excluding steroid dienone is 5. The van der Waals surface area contributed by atoms with Crippen molar-refractivity contribution in [3.63, 3.8) is 0 Å². The van der Waals surface area contributed by atoms with Crippen LogP contribution in [0.25, 0.3) is 5.57 Å². The zero-order valence-corrected chi connectivity index (χ0v) is 22.2. The van der Waals surface area contributed by atoms with Crippen molar-refractivity contribution >= 4 is 29.1 Å². The van der Waals surface area contributed by atoms with Crippen LogP contribution in [-0.4, -0.2) is 82.0 Å². The second kappa shape index (κ2) is 13.0. The standard InChI is InChI=1S/C28H41N5O/c1-9-11-26(25(10-2)22(4)34)28(29-5)27(30-20-31(6)7)21(3)23-12-14-24(15-13-23)33-18-16-32(8)17-19-33/h10-15,20H,9,16-19H2,1-8H3/b25-10-,26-11+,27-21-,29-28?,30-20?. The minimum atomic E-state index is 0.0217. The molecule has 1 aromatic rings. The average molecular weight is 464 g/mol. The molecule has 0 N–H and O–H groups in total. The van der Waals surface area contributed by atoms with E-state index in [0.717, 1.165) is 60.7 Å². The highest BCUT2D eigenvalue weighted by Crippen LogP contribution is 2.28. The van der Waals surface area contributed by atoms with E-state index >= 15 is 0 Å². The Morgan fingerprint density at radius 2 is 1.68 bits per heavy atom. The second-order valence-corrected chi connectivity index (χ2v) is 8.88. The predicted octanol–water partition coefficient (Wildman–Crippen LogP) is 4.70.